The van der Waals surface area contributed by atoms with Crippen LogP contribution in [0.3, 0.4) is 0 Å². The topological polar surface area (TPSA) is 48.3 Å². The Balaban J connectivity index is 2.28. The van der Waals surface area contributed by atoms with E-state index in [1.807, 2.05) is 11.7 Å². The minimum absolute atomic E-state index is 0.132. The van der Waals surface area contributed by atoms with Crippen LogP contribution in [0.15, 0.2) is 6.20 Å². The lowest BCUT2D eigenvalue weighted by atomic mass is 10.0. The predicted octanol–water partition coefficient (Wildman–Crippen LogP) is 1.74. The van der Waals surface area contributed by atoms with Gasteiger partial charge in [0.15, 0.2) is 5.75 Å². The quantitative estimate of drug-likeness (QED) is 0.868. The smallest absolute Gasteiger partial charge is 0.161 e. The first-order valence-corrected chi connectivity index (χ1v) is 6.63. The molecule has 1 saturated heterocycles. The van der Waals surface area contributed by atoms with E-state index >= 15 is 0 Å². The summed E-state index contributed by atoms with van der Waals surface area (Å²) in [5.41, 5.74) is 1.08. The second-order valence-corrected chi connectivity index (χ2v) is 4.74. The van der Waals surface area contributed by atoms with E-state index in [4.69, 9.17) is 9.47 Å². The van der Waals surface area contributed by atoms with E-state index in [-0.39, 0.29) is 12.1 Å². The molecule has 5 nitrogen and oxygen atoms in total. The molecule has 1 aliphatic rings. The number of hydrogen-bond acceptors (Lipinski definition) is 4. The van der Waals surface area contributed by atoms with Crippen molar-refractivity contribution in [2.45, 2.75) is 51.5 Å². The highest BCUT2D eigenvalue weighted by atomic mass is 16.5. The summed E-state index contributed by atoms with van der Waals surface area (Å²) >= 11 is 0. The Morgan fingerprint density at radius 2 is 2.39 bits per heavy atom. The van der Waals surface area contributed by atoms with E-state index in [0.29, 0.717) is 6.10 Å². The van der Waals surface area contributed by atoms with Gasteiger partial charge in [-0.15, -0.1) is 0 Å². The predicted molar refractivity (Wildman–Crippen MR) is 69.8 cm³/mol. The molecule has 1 aromatic rings. The molecule has 0 amide bonds. The third kappa shape index (κ3) is 2.37. The lowest BCUT2D eigenvalue weighted by Gasteiger charge is -2.24. The number of likely N-dealkylation sites (N-methyl/N-ethyl adjacent to an activating group) is 1. The van der Waals surface area contributed by atoms with Gasteiger partial charge in [0.2, 0.25) is 0 Å². The van der Waals surface area contributed by atoms with Crippen molar-refractivity contribution in [2.75, 3.05) is 14.2 Å². The van der Waals surface area contributed by atoms with Crippen molar-refractivity contribution in [1.29, 1.82) is 0 Å². The van der Waals surface area contributed by atoms with Gasteiger partial charge in [-0.25, -0.2) is 0 Å². The van der Waals surface area contributed by atoms with Crippen molar-refractivity contribution in [1.82, 2.24) is 15.1 Å². The first kappa shape index (κ1) is 13.4. The number of nitrogens with one attached hydrogen (secondary N) is 1. The third-order valence-electron chi connectivity index (χ3n) is 3.61. The number of nitrogens with zero attached hydrogens (tertiary/aromatic N) is 2. The summed E-state index contributed by atoms with van der Waals surface area (Å²) in [7, 11) is 3.65. The minimum atomic E-state index is 0.132. The molecule has 2 heterocycles. The minimum Gasteiger partial charge on any atom is -0.493 e. The number of rotatable bonds is 5. The van der Waals surface area contributed by atoms with E-state index in [2.05, 4.69) is 24.3 Å². The molecule has 1 N–H and O–H groups in total. The summed E-state index contributed by atoms with van der Waals surface area (Å²) in [6.07, 6.45) is 4.51. The lowest BCUT2D eigenvalue weighted by Crippen LogP contribution is -2.32. The molecule has 1 fully saturated rings. The molecule has 102 valence electrons. The molecule has 18 heavy (non-hydrogen) atoms. The van der Waals surface area contributed by atoms with Gasteiger partial charge in [0.1, 0.15) is 0 Å². The van der Waals surface area contributed by atoms with Gasteiger partial charge in [0.05, 0.1) is 37.3 Å². The maximum absolute atomic E-state index is 5.98. The van der Waals surface area contributed by atoms with Crippen molar-refractivity contribution in [3.8, 4) is 5.75 Å². The average Bonchev–Trinajstić information content (AvgIpc) is 2.97. The van der Waals surface area contributed by atoms with E-state index < -0.39 is 0 Å². The molecule has 0 aliphatic carbocycles. The molecular weight excluding hydrogens is 230 g/mol. The number of ether oxygens (including phenoxy) is 2. The van der Waals surface area contributed by atoms with Crippen molar-refractivity contribution < 1.29 is 9.47 Å². The van der Waals surface area contributed by atoms with Gasteiger partial charge in [0, 0.05) is 6.54 Å². The molecule has 3 atom stereocenters. The fourth-order valence-electron chi connectivity index (χ4n) is 2.68. The molecular formula is C13H23N3O2. The van der Waals surface area contributed by atoms with Gasteiger partial charge in [-0.05, 0) is 33.7 Å². The highest BCUT2D eigenvalue weighted by Gasteiger charge is 2.33. The molecule has 0 radical (unpaired) electrons. The lowest BCUT2D eigenvalue weighted by molar-refractivity contribution is 0.0308. The standard InChI is InChI=1S/C13H23N3O2/c1-5-16-13(11(17-4)8-15-16)12(14-3)10-7-6-9(2)18-10/h8-10,12,14H,5-7H2,1-4H3. The largest absolute Gasteiger partial charge is 0.493 e. The van der Waals surface area contributed by atoms with Crippen molar-refractivity contribution >= 4 is 0 Å². The summed E-state index contributed by atoms with van der Waals surface area (Å²) in [6.45, 7) is 5.04. The van der Waals surface area contributed by atoms with Crippen LogP contribution in [-0.4, -0.2) is 36.1 Å². The normalized spacial score (nSPS) is 25.3. The molecule has 1 aliphatic heterocycles. The van der Waals surface area contributed by atoms with Gasteiger partial charge in [-0.3, -0.25) is 4.68 Å². The van der Waals surface area contributed by atoms with Crippen molar-refractivity contribution in [2.24, 2.45) is 0 Å². The van der Waals surface area contributed by atoms with Crippen LogP contribution in [0, 0.1) is 0 Å². The van der Waals surface area contributed by atoms with Gasteiger partial charge in [-0.2, -0.15) is 5.10 Å². The SMILES string of the molecule is CCn1ncc(OC)c1C(NC)C1CCC(C)O1. The first-order valence-electron chi connectivity index (χ1n) is 6.63. The van der Waals surface area contributed by atoms with Crippen LogP contribution in [-0.2, 0) is 11.3 Å². The number of methoxy groups -OCH3 is 1. The van der Waals surface area contributed by atoms with E-state index in [0.717, 1.165) is 30.8 Å². The molecule has 2 rings (SSSR count). The van der Waals surface area contributed by atoms with Crippen molar-refractivity contribution in [3.05, 3.63) is 11.9 Å². The van der Waals surface area contributed by atoms with Crippen LogP contribution in [0.5, 0.6) is 5.75 Å². The van der Waals surface area contributed by atoms with Gasteiger partial charge in [-0.1, -0.05) is 0 Å². The molecule has 5 heteroatoms. The fraction of sp³-hybridized carbons (Fsp3) is 0.769. The van der Waals surface area contributed by atoms with Gasteiger partial charge >= 0.3 is 0 Å². The monoisotopic (exact) mass is 253 g/mol. The van der Waals surface area contributed by atoms with Crippen LogP contribution in [0.25, 0.3) is 0 Å². The summed E-state index contributed by atoms with van der Waals surface area (Å²) in [5.74, 6) is 0.833. The molecule has 1 aromatic heterocycles. The number of hydrogen-bond donors (Lipinski definition) is 1. The average molecular weight is 253 g/mol. The Morgan fingerprint density at radius 1 is 1.61 bits per heavy atom. The zero-order valence-electron chi connectivity index (χ0n) is 11.6. The summed E-state index contributed by atoms with van der Waals surface area (Å²) < 4.78 is 13.4. The molecule has 0 spiro atoms. The first-order chi connectivity index (χ1) is 8.71. The van der Waals surface area contributed by atoms with Crippen LogP contribution in [0.1, 0.15) is 38.4 Å². The highest BCUT2D eigenvalue weighted by Crippen LogP contribution is 2.34. The van der Waals surface area contributed by atoms with Crippen LogP contribution < -0.4 is 10.1 Å². The molecule has 0 aromatic carbocycles. The van der Waals surface area contributed by atoms with Gasteiger partial charge < -0.3 is 14.8 Å². The maximum Gasteiger partial charge on any atom is 0.161 e. The van der Waals surface area contributed by atoms with Crippen LogP contribution >= 0.6 is 0 Å². The van der Waals surface area contributed by atoms with E-state index in [1.54, 1.807) is 13.3 Å². The fourth-order valence-corrected chi connectivity index (χ4v) is 2.68. The Bertz CT molecular complexity index is 370. The Kier molecular flexibility index (Phi) is 4.24. The molecule has 0 bridgehead atoms. The van der Waals surface area contributed by atoms with Crippen molar-refractivity contribution in [3.63, 3.8) is 0 Å². The molecule has 3 unspecified atom stereocenters. The zero-order chi connectivity index (χ0) is 13.1. The second kappa shape index (κ2) is 5.71. The highest BCUT2D eigenvalue weighted by molar-refractivity contribution is 5.29. The van der Waals surface area contributed by atoms with E-state index in [1.165, 1.54) is 0 Å². The second-order valence-electron chi connectivity index (χ2n) is 4.74. The van der Waals surface area contributed by atoms with Crippen LogP contribution in [0.2, 0.25) is 0 Å². The zero-order valence-corrected chi connectivity index (χ0v) is 11.6. The molecule has 0 saturated carbocycles. The summed E-state index contributed by atoms with van der Waals surface area (Å²) in [6, 6.07) is 0.132. The number of aromatic nitrogens is 2. The van der Waals surface area contributed by atoms with E-state index in [9.17, 15) is 0 Å². The maximum atomic E-state index is 5.98. The third-order valence-corrected chi connectivity index (χ3v) is 3.61. The van der Waals surface area contributed by atoms with Crippen LogP contribution in [0.4, 0.5) is 0 Å². The number of aryl methyl sites for hydroxylation is 1. The Hall–Kier alpha value is -1.07. The summed E-state index contributed by atoms with van der Waals surface area (Å²) in [4.78, 5) is 0. The summed E-state index contributed by atoms with van der Waals surface area (Å²) in [5, 5.41) is 7.71. The Labute approximate surface area is 108 Å². The Morgan fingerprint density at radius 3 is 2.89 bits per heavy atom. The van der Waals surface area contributed by atoms with Gasteiger partial charge in [0.25, 0.3) is 0 Å².